The number of benzene rings is 1. The van der Waals surface area contributed by atoms with Crippen molar-refractivity contribution in [3.05, 3.63) is 28.8 Å². The molecule has 0 aliphatic rings. The molecular weight excluding hydrogens is 288 g/mol. The molecular formula is C12H17ClN2O3S. The van der Waals surface area contributed by atoms with Gasteiger partial charge < -0.3 is 5.73 Å². The summed E-state index contributed by atoms with van der Waals surface area (Å²) < 4.78 is 24.9. The van der Waals surface area contributed by atoms with Gasteiger partial charge in [0.1, 0.15) is 0 Å². The second-order valence-electron chi connectivity index (χ2n) is 4.34. The Balaban J connectivity index is 3.04. The highest BCUT2D eigenvalue weighted by atomic mass is 35.5. The summed E-state index contributed by atoms with van der Waals surface area (Å²) in [6.45, 7) is 2.00. The lowest BCUT2D eigenvalue weighted by molar-refractivity contribution is -0.118. The molecule has 0 bridgehead atoms. The normalized spacial score (nSPS) is 11.3. The number of hydrogen-bond acceptors (Lipinski definition) is 3. The molecule has 106 valence electrons. The summed E-state index contributed by atoms with van der Waals surface area (Å²) in [5.74, 6) is -0.448. The summed E-state index contributed by atoms with van der Waals surface area (Å²) in [6, 6.07) is 5.05. The molecule has 5 nitrogen and oxygen atoms in total. The van der Waals surface area contributed by atoms with Crippen molar-refractivity contribution in [1.82, 2.24) is 0 Å². The van der Waals surface area contributed by atoms with Gasteiger partial charge in [0.25, 0.3) is 0 Å². The Morgan fingerprint density at radius 3 is 2.58 bits per heavy atom. The van der Waals surface area contributed by atoms with E-state index in [1.54, 1.807) is 25.1 Å². The summed E-state index contributed by atoms with van der Waals surface area (Å²) in [5, 5.41) is 0.462. The number of anilines is 1. The maximum atomic E-state index is 11.8. The molecule has 0 saturated carbocycles. The van der Waals surface area contributed by atoms with E-state index < -0.39 is 15.9 Å². The number of carbonyl (C=O) groups excluding carboxylic acids is 1. The zero-order valence-corrected chi connectivity index (χ0v) is 12.5. The van der Waals surface area contributed by atoms with Crippen LogP contribution in [0.25, 0.3) is 0 Å². The fraction of sp³-hybridized carbons (Fsp3) is 0.417. The molecule has 1 amide bonds. The van der Waals surface area contributed by atoms with Gasteiger partial charge in [-0.25, -0.2) is 8.42 Å². The monoisotopic (exact) mass is 304 g/mol. The minimum atomic E-state index is -3.43. The van der Waals surface area contributed by atoms with E-state index in [0.717, 1.165) is 11.8 Å². The number of primary amides is 1. The molecule has 0 aliphatic carbocycles. The van der Waals surface area contributed by atoms with E-state index in [1.807, 2.05) is 0 Å². The number of aryl methyl sites for hydroxylation is 1. The van der Waals surface area contributed by atoms with Crippen molar-refractivity contribution in [3.63, 3.8) is 0 Å². The van der Waals surface area contributed by atoms with Gasteiger partial charge in [0.15, 0.2) is 0 Å². The zero-order valence-electron chi connectivity index (χ0n) is 10.9. The molecule has 19 heavy (non-hydrogen) atoms. The number of hydrogen-bond donors (Lipinski definition) is 1. The molecule has 0 saturated heterocycles. The average molecular weight is 305 g/mol. The van der Waals surface area contributed by atoms with Gasteiger partial charge in [-0.1, -0.05) is 17.7 Å². The lowest BCUT2D eigenvalue weighted by Crippen LogP contribution is -2.32. The van der Waals surface area contributed by atoms with Crippen molar-refractivity contribution in [2.24, 2.45) is 5.73 Å². The van der Waals surface area contributed by atoms with Crippen LogP contribution in [0.4, 0.5) is 5.69 Å². The predicted molar refractivity (Wildman–Crippen MR) is 76.8 cm³/mol. The van der Waals surface area contributed by atoms with Crippen LogP contribution in [-0.2, 0) is 14.8 Å². The molecule has 0 unspecified atom stereocenters. The maximum absolute atomic E-state index is 11.8. The first kappa shape index (κ1) is 15.8. The van der Waals surface area contributed by atoms with Crippen molar-refractivity contribution < 1.29 is 13.2 Å². The largest absolute Gasteiger partial charge is 0.370 e. The van der Waals surface area contributed by atoms with Crippen LogP contribution in [0.1, 0.15) is 18.4 Å². The lowest BCUT2D eigenvalue weighted by Gasteiger charge is -2.24. The van der Waals surface area contributed by atoms with Crippen LogP contribution >= 0.6 is 11.6 Å². The van der Waals surface area contributed by atoms with Crippen molar-refractivity contribution in [2.45, 2.75) is 19.8 Å². The molecule has 0 spiro atoms. The Morgan fingerprint density at radius 2 is 2.05 bits per heavy atom. The average Bonchev–Trinajstić information content (AvgIpc) is 2.26. The fourth-order valence-corrected chi connectivity index (χ4v) is 2.89. The van der Waals surface area contributed by atoms with Gasteiger partial charge >= 0.3 is 0 Å². The van der Waals surface area contributed by atoms with Gasteiger partial charge in [0, 0.05) is 18.0 Å². The first-order chi connectivity index (χ1) is 8.71. The van der Waals surface area contributed by atoms with Crippen molar-refractivity contribution in [2.75, 3.05) is 17.1 Å². The summed E-state index contributed by atoms with van der Waals surface area (Å²) >= 11 is 5.90. The highest BCUT2D eigenvalue weighted by Gasteiger charge is 2.19. The number of carbonyl (C=O) groups is 1. The summed E-state index contributed by atoms with van der Waals surface area (Å²) in [5.41, 5.74) is 6.38. The second kappa shape index (κ2) is 6.25. The fourth-order valence-electron chi connectivity index (χ4n) is 1.71. The molecule has 0 aliphatic heterocycles. The number of sulfonamides is 1. The van der Waals surface area contributed by atoms with Crippen LogP contribution in [-0.4, -0.2) is 27.1 Å². The third kappa shape index (κ3) is 4.72. The number of nitrogens with zero attached hydrogens (tertiary/aromatic N) is 1. The number of amides is 1. The number of rotatable bonds is 6. The Labute approximate surface area is 118 Å². The van der Waals surface area contributed by atoms with Gasteiger partial charge in [-0.2, -0.15) is 0 Å². The maximum Gasteiger partial charge on any atom is 0.232 e. The quantitative estimate of drug-likeness (QED) is 0.868. The van der Waals surface area contributed by atoms with Crippen LogP contribution in [0, 0.1) is 6.92 Å². The molecule has 0 fully saturated rings. The Hall–Kier alpha value is -1.27. The van der Waals surface area contributed by atoms with Crippen molar-refractivity contribution in [1.29, 1.82) is 0 Å². The predicted octanol–water partition coefficient (Wildman–Crippen LogP) is 1.68. The Kier molecular flexibility index (Phi) is 5.20. The van der Waals surface area contributed by atoms with E-state index in [9.17, 15) is 13.2 Å². The topological polar surface area (TPSA) is 80.5 Å². The highest BCUT2D eigenvalue weighted by molar-refractivity contribution is 7.92. The third-order valence-electron chi connectivity index (χ3n) is 2.62. The molecule has 0 atom stereocenters. The van der Waals surface area contributed by atoms with Crippen LogP contribution in [0.5, 0.6) is 0 Å². The summed E-state index contributed by atoms with van der Waals surface area (Å²) in [4.78, 5) is 10.7. The number of halogens is 1. The van der Waals surface area contributed by atoms with E-state index in [4.69, 9.17) is 17.3 Å². The molecule has 7 heteroatoms. The van der Waals surface area contributed by atoms with Gasteiger partial charge in [0.2, 0.25) is 15.9 Å². The summed E-state index contributed by atoms with van der Waals surface area (Å²) in [6.07, 6.45) is 1.64. The molecule has 1 aromatic rings. The third-order valence-corrected chi connectivity index (χ3v) is 4.04. The van der Waals surface area contributed by atoms with Crippen LogP contribution in [0.15, 0.2) is 18.2 Å². The number of nitrogens with two attached hydrogens (primary N) is 1. The van der Waals surface area contributed by atoms with E-state index in [1.165, 1.54) is 4.31 Å². The Bertz CT molecular complexity index is 572. The lowest BCUT2D eigenvalue weighted by atomic mass is 10.2. The minimum Gasteiger partial charge on any atom is -0.370 e. The van der Waals surface area contributed by atoms with Gasteiger partial charge in [-0.15, -0.1) is 0 Å². The van der Waals surface area contributed by atoms with Crippen LogP contribution < -0.4 is 10.0 Å². The highest BCUT2D eigenvalue weighted by Crippen LogP contribution is 2.26. The Morgan fingerprint density at radius 1 is 1.42 bits per heavy atom. The van der Waals surface area contributed by atoms with Crippen molar-refractivity contribution >= 4 is 33.2 Å². The van der Waals surface area contributed by atoms with E-state index in [2.05, 4.69) is 0 Å². The molecule has 0 heterocycles. The molecule has 2 N–H and O–H groups in total. The first-order valence-corrected chi connectivity index (χ1v) is 7.96. The van der Waals surface area contributed by atoms with Crippen LogP contribution in [0.2, 0.25) is 5.02 Å². The van der Waals surface area contributed by atoms with Gasteiger partial charge in [-0.3, -0.25) is 9.10 Å². The molecule has 0 radical (unpaired) electrons. The summed E-state index contributed by atoms with van der Waals surface area (Å²) in [7, 11) is -3.43. The zero-order chi connectivity index (χ0) is 14.6. The molecule has 1 aromatic carbocycles. The standard InChI is InChI=1S/C12H17ClN2O3S/c1-9-5-6-10(13)8-11(9)15(19(2,17)18)7-3-4-12(14)16/h5-6,8H,3-4,7H2,1-2H3,(H2,14,16). The van der Waals surface area contributed by atoms with Crippen LogP contribution in [0.3, 0.4) is 0 Å². The van der Waals surface area contributed by atoms with Crippen molar-refractivity contribution in [3.8, 4) is 0 Å². The molecule has 1 rings (SSSR count). The van der Waals surface area contributed by atoms with Gasteiger partial charge in [-0.05, 0) is 31.0 Å². The SMILES string of the molecule is Cc1ccc(Cl)cc1N(CCCC(N)=O)S(C)(=O)=O. The van der Waals surface area contributed by atoms with Gasteiger partial charge in [0.05, 0.1) is 11.9 Å². The first-order valence-electron chi connectivity index (χ1n) is 5.74. The second-order valence-corrected chi connectivity index (χ2v) is 6.68. The minimum absolute atomic E-state index is 0.144. The van der Waals surface area contributed by atoms with E-state index in [-0.39, 0.29) is 13.0 Å². The van der Waals surface area contributed by atoms with E-state index >= 15 is 0 Å². The smallest absolute Gasteiger partial charge is 0.232 e. The molecule has 0 aromatic heterocycles. The van der Waals surface area contributed by atoms with E-state index in [0.29, 0.717) is 17.1 Å².